The van der Waals surface area contributed by atoms with Crippen LogP contribution in [0.4, 0.5) is 11.4 Å². The van der Waals surface area contributed by atoms with Gasteiger partial charge >= 0.3 is 0 Å². The first-order valence-corrected chi connectivity index (χ1v) is 13.3. The minimum Gasteiger partial charge on any atom is -0.325 e. The highest BCUT2D eigenvalue weighted by Crippen LogP contribution is 2.32. The van der Waals surface area contributed by atoms with E-state index in [1.165, 1.54) is 15.4 Å². The first-order valence-electron chi connectivity index (χ1n) is 11.8. The zero-order valence-corrected chi connectivity index (χ0v) is 20.7. The number of carbonyl (C=O) groups is 1. The van der Waals surface area contributed by atoms with Gasteiger partial charge in [0.05, 0.1) is 10.6 Å². The molecule has 178 valence electrons. The van der Waals surface area contributed by atoms with E-state index in [4.69, 9.17) is 0 Å². The van der Waals surface area contributed by atoms with Crippen LogP contribution >= 0.6 is 0 Å². The molecule has 0 spiro atoms. The van der Waals surface area contributed by atoms with Gasteiger partial charge in [0.15, 0.2) is 0 Å². The number of sulfonamides is 1. The van der Waals surface area contributed by atoms with Gasteiger partial charge in [0.25, 0.3) is 10.0 Å². The Kier molecular flexibility index (Phi) is 6.07. The minimum atomic E-state index is -4.01. The summed E-state index contributed by atoms with van der Waals surface area (Å²) in [4.78, 5) is 13.4. The molecule has 5 nitrogen and oxygen atoms in total. The van der Waals surface area contributed by atoms with E-state index >= 15 is 0 Å². The molecule has 0 radical (unpaired) electrons. The normalized spacial score (nSPS) is 13.0. The number of amides is 1. The lowest BCUT2D eigenvalue weighted by Crippen LogP contribution is -2.38. The van der Waals surface area contributed by atoms with Gasteiger partial charge in [-0.2, -0.15) is 0 Å². The molecule has 0 aromatic heterocycles. The van der Waals surface area contributed by atoms with Crippen molar-refractivity contribution in [3.05, 3.63) is 101 Å². The first kappa shape index (κ1) is 23.1. The molecule has 1 N–H and O–H groups in total. The number of anilines is 2. The second kappa shape index (κ2) is 9.19. The van der Waals surface area contributed by atoms with Crippen molar-refractivity contribution in [2.75, 3.05) is 16.2 Å². The summed E-state index contributed by atoms with van der Waals surface area (Å²) in [6, 6.07) is 24.1. The Bertz CT molecular complexity index is 1540. The number of nitrogens with zero attached hydrogens (tertiary/aromatic N) is 1. The van der Waals surface area contributed by atoms with Crippen molar-refractivity contribution in [2.24, 2.45) is 0 Å². The molecule has 0 heterocycles. The van der Waals surface area contributed by atoms with Crippen LogP contribution in [0.5, 0.6) is 0 Å². The van der Waals surface area contributed by atoms with E-state index in [1.807, 2.05) is 68.4 Å². The lowest BCUT2D eigenvalue weighted by Gasteiger charge is -2.26. The fourth-order valence-electron chi connectivity index (χ4n) is 4.71. The Morgan fingerprint density at radius 1 is 0.857 bits per heavy atom. The summed E-state index contributed by atoms with van der Waals surface area (Å²) < 4.78 is 29.1. The minimum absolute atomic E-state index is 0.166. The number of hydrogen-bond donors (Lipinski definition) is 1. The van der Waals surface area contributed by atoms with Crippen molar-refractivity contribution in [1.82, 2.24) is 0 Å². The molecule has 0 saturated carbocycles. The number of rotatable bonds is 6. The molecule has 6 heteroatoms. The molecule has 0 saturated heterocycles. The lowest BCUT2D eigenvalue weighted by molar-refractivity contribution is -0.114. The molecule has 0 bridgehead atoms. The van der Waals surface area contributed by atoms with Gasteiger partial charge in [-0.3, -0.25) is 9.10 Å². The van der Waals surface area contributed by atoms with E-state index in [2.05, 4.69) is 5.32 Å². The summed E-state index contributed by atoms with van der Waals surface area (Å²) in [7, 11) is -4.01. The van der Waals surface area contributed by atoms with Crippen LogP contribution in [0.3, 0.4) is 0 Å². The molecule has 0 aliphatic heterocycles. The highest BCUT2D eigenvalue weighted by molar-refractivity contribution is 7.92. The average molecular weight is 485 g/mol. The van der Waals surface area contributed by atoms with Gasteiger partial charge in [0.1, 0.15) is 6.54 Å². The van der Waals surface area contributed by atoms with Crippen LogP contribution < -0.4 is 9.62 Å². The van der Waals surface area contributed by atoms with E-state index in [0.717, 1.165) is 41.2 Å². The van der Waals surface area contributed by atoms with Crippen LogP contribution in [-0.2, 0) is 27.7 Å². The Morgan fingerprint density at radius 3 is 2.46 bits per heavy atom. The molecule has 35 heavy (non-hydrogen) atoms. The van der Waals surface area contributed by atoms with E-state index in [1.54, 1.807) is 24.3 Å². The lowest BCUT2D eigenvalue weighted by atomic mass is 10.1. The van der Waals surface area contributed by atoms with Crippen molar-refractivity contribution in [2.45, 2.75) is 38.0 Å². The van der Waals surface area contributed by atoms with Gasteiger partial charge in [0.2, 0.25) is 5.91 Å². The van der Waals surface area contributed by atoms with Gasteiger partial charge < -0.3 is 5.32 Å². The van der Waals surface area contributed by atoms with Crippen LogP contribution in [0, 0.1) is 13.8 Å². The van der Waals surface area contributed by atoms with Crippen LogP contribution in [0.25, 0.3) is 10.8 Å². The van der Waals surface area contributed by atoms with Crippen LogP contribution in [-0.4, -0.2) is 20.9 Å². The predicted molar refractivity (Wildman–Crippen MR) is 141 cm³/mol. The maximum absolute atomic E-state index is 13.9. The Morgan fingerprint density at radius 2 is 1.63 bits per heavy atom. The fraction of sp³-hybridized carbons (Fsp3) is 0.207. The van der Waals surface area contributed by atoms with Crippen molar-refractivity contribution in [3.8, 4) is 0 Å². The van der Waals surface area contributed by atoms with E-state index in [0.29, 0.717) is 11.4 Å². The van der Waals surface area contributed by atoms with Gasteiger partial charge in [0, 0.05) is 11.1 Å². The monoisotopic (exact) mass is 484 g/mol. The van der Waals surface area contributed by atoms with Crippen molar-refractivity contribution in [1.29, 1.82) is 0 Å². The van der Waals surface area contributed by atoms with Gasteiger partial charge in [-0.25, -0.2) is 8.42 Å². The van der Waals surface area contributed by atoms with Crippen molar-refractivity contribution < 1.29 is 13.2 Å². The molecule has 0 fully saturated rings. The number of hydrogen-bond acceptors (Lipinski definition) is 3. The van der Waals surface area contributed by atoms with E-state index in [-0.39, 0.29) is 17.3 Å². The molecule has 4 aromatic rings. The van der Waals surface area contributed by atoms with Gasteiger partial charge in [-0.05, 0) is 91.1 Å². The fourth-order valence-corrected chi connectivity index (χ4v) is 6.23. The largest absolute Gasteiger partial charge is 0.325 e. The first-order chi connectivity index (χ1) is 16.8. The number of carbonyl (C=O) groups excluding carboxylic acids is 1. The second-order valence-electron chi connectivity index (χ2n) is 9.14. The number of benzene rings is 4. The summed E-state index contributed by atoms with van der Waals surface area (Å²) in [5, 5.41) is 4.60. The average Bonchev–Trinajstić information content (AvgIpc) is 3.32. The Hall–Kier alpha value is -3.64. The maximum Gasteiger partial charge on any atom is 0.264 e. The van der Waals surface area contributed by atoms with Crippen LogP contribution in [0.1, 0.15) is 28.7 Å². The highest BCUT2D eigenvalue weighted by atomic mass is 32.2. The molecular formula is C29H28N2O3S. The molecule has 1 amide bonds. The molecule has 1 aliphatic carbocycles. The number of nitrogens with one attached hydrogen (secondary N) is 1. The molecule has 0 atom stereocenters. The standard InChI is InChI=1S/C29H28N2O3S/c1-20-13-16-26(17-21(20)2)35(33,34)31(28-12-6-9-23-7-3-4-11-27(23)28)19-29(32)30-25-15-14-22-8-5-10-24(22)18-25/h3-4,6-7,9,11-18H,5,8,10,19H2,1-2H3,(H,30,32). The molecule has 4 aromatic carbocycles. The smallest absolute Gasteiger partial charge is 0.264 e. The summed E-state index contributed by atoms with van der Waals surface area (Å²) in [5.41, 5.74) is 5.62. The van der Waals surface area contributed by atoms with Gasteiger partial charge in [-0.15, -0.1) is 0 Å². The SMILES string of the molecule is Cc1ccc(S(=O)(=O)N(CC(=O)Nc2ccc3c(c2)CCC3)c2cccc3ccccc23)cc1C. The third-order valence-electron chi connectivity index (χ3n) is 6.77. The van der Waals surface area contributed by atoms with E-state index in [9.17, 15) is 13.2 Å². The van der Waals surface area contributed by atoms with E-state index < -0.39 is 10.0 Å². The topological polar surface area (TPSA) is 66.5 Å². The second-order valence-corrected chi connectivity index (χ2v) is 11.0. The Labute approximate surface area is 206 Å². The summed E-state index contributed by atoms with van der Waals surface area (Å²) in [6.07, 6.45) is 3.19. The molecule has 0 unspecified atom stereocenters. The third-order valence-corrected chi connectivity index (χ3v) is 8.53. The summed E-state index contributed by atoms with van der Waals surface area (Å²) in [6.45, 7) is 3.50. The van der Waals surface area contributed by atoms with Crippen LogP contribution in [0.2, 0.25) is 0 Å². The quantitative estimate of drug-likeness (QED) is 0.377. The zero-order chi connectivity index (χ0) is 24.6. The Balaban J connectivity index is 1.54. The summed E-state index contributed by atoms with van der Waals surface area (Å²) >= 11 is 0. The molecule has 5 rings (SSSR count). The number of aryl methyl sites for hydroxylation is 4. The van der Waals surface area contributed by atoms with Crippen molar-refractivity contribution in [3.63, 3.8) is 0 Å². The van der Waals surface area contributed by atoms with Gasteiger partial charge in [-0.1, -0.05) is 48.5 Å². The maximum atomic E-state index is 13.9. The predicted octanol–water partition coefficient (Wildman–Crippen LogP) is 5.78. The molecular weight excluding hydrogens is 456 g/mol. The zero-order valence-electron chi connectivity index (χ0n) is 19.9. The number of fused-ring (bicyclic) bond motifs is 2. The third kappa shape index (κ3) is 4.54. The summed E-state index contributed by atoms with van der Waals surface area (Å²) in [5.74, 6) is -0.386. The highest BCUT2D eigenvalue weighted by Gasteiger charge is 2.29. The van der Waals surface area contributed by atoms with Crippen molar-refractivity contribution >= 4 is 38.1 Å². The molecule has 1 aliphatic rings. The van der Waals surface area contributed by atoms with Crippen LogP contribution in [0.15, 0.2) is 83.8 Å².